The highest BCUT2D eigenvalue weighted by atomic mass is 79.9. The van der Waals surface area contributed by atoms with Crippen LogP contribution < -0.4 is 0 Å². The minimum absolute atomic E-state index is 0.664. The molecule has 3 atom stereocenters. The van der Waals surface area contributed by atoms with Gasteiger partial charge in [-0.2, -0.15) is 0 Å². The predicted molar refractivity (Wildman–Crippen MR) is 68.5 cm³/mol. The van der Waals surface area contributed by atoms with Gasteiger partial charge in [0, 0.05) is 18.1 Å². The Morgan fingerprint density at radius 3 is 2.94 bits per heavy atom. The van der Waals surface area contributed by atoms with Crippen molar-refractivity contribution in [3.63, 3.8) is 0 Å². The zero-order chi connectivity index (χ0) is 11.5. The molecule has 16 heavy (non-hydrogen) atoms. The van der Waals surface area contributed by atoms with E-state index in [2.05, 4.69) is 33.2 Å². The normalized spacial score (nSPS) is 30.6. The molecule has 4 heteroatoms. The third-order valence-corrected chi connectivity index (χ3v) is 4.90. The van der Waals surface area contributed by atoms with E-state index in [1.807, 2.05) is 13.2 Å². The summed E-state index contributed by atoms with van der Waals surface area (Å²) in [5, 5.41) is 8.19. The first kappa shape index (κ1) is 12.1. The summed E-state index contributed by atoms with van der Waals surface area (Å²) in [6, 6.07) is 0. The number of aryl methyl sites for hydroxylation is 1. The van der Waals surface area contributed by atoms with Crippen molar-refractivity contribution in [1.82, 2.24) is 15.0 Å². The van der Waals surface area contributed by atoms with Gasteiger partial charge < -0.3 is 0 Å². The summed E-state index contributed by atoms with van der Waals surface area (Å²) in [5.74, 6) is 1.64. The molecule has 1 aliphatic rings. The first-order chi connectivity index (χ1) is 7.69. The summed E-state index contributed by atoms with van der Waals surface area (Å²) in [5.41, 5.74) is 1.13. The van der Waals surface area contributed by atoms with Gasteiger partial charge in [0.25, 0.3) is 0 Å². The second-order valence-corrected chi connectivity index (χ2v) is 6.13. The van der Waals surface area contributed by atoms with Crippen LogP contribution in [-0.2, 0) is 13.5 Å². The zero-order valence-electron chi connectivity index (χ0n) is 10.1. The van der Waals surface area contributed by atoms with Crippen LogP contribution in [0.5, 0.6) is 0 Å². The lowest BCUT2D eigenvalue weighted by Gasteiger charge is -2.32. The van der Waals surface area contributed by atoms with Gasteiger partial charge in [-0.15, -0.1) is 5.10 Å². The number of hydrogen-bond donors (Lipinski definition) is 0. The Bertz CT molecular complexity index is 337. The molecule has 0 bridgehead atoms. The molecule has 1 fully saturated rings. The van der Waals surface area contributed by atoms with Gasteiger partial charge in [0.15, 0.2) is 0 Å². The van der Waals surface area contributed by atoms with Crippen molar-refractivity contribution in [3.8, 4) is 0 Å². The zero-order valence-corrected chi connectivity index (χ0v) is 11.7. The average Bonchev–Trinajstić information content (AvgIpc) is 2.67. The van der Waals surface area contributed by atoms with Gasteiger partial charge in [0.1, 0.15) is 0 Å². The van der Waals surface area contributed by atoms with E-state index in [1.165, 1.54) is 25.7 Å². The number of alkyl halides is 1. The average molecular weight is 286 g/mol. The minimum Gasteiger partial charge on any atom is -0.255 e. The van der Waals surface area contributed by atoms with Gasteiger partial charge in [-0.25, -0.2) is 0 Å². The lowest BCUT2D eigenvalue weighted by Crippen LogP contribution is -2.26. The fourth-order valence-electron chi connectivity index (χ4n) is 2.66. The molecule has 1 aromatic heterocycles. The highest BCUT2D eigenvalue weighted by Crippen LogP contribution is 2.36. The fourth-order valence-corrected chi connectivity index (χ4v) is 3.33. The van der Waals surface area contributed by atoms with E-state index >= 15 is 0 Å². The summed E-state index contributed by atoms with van der Waals surface area (Å²) >= 11 is 3.82. The molecule has 1 saturated carbocycles. The number of hydrogen-bond acceptors (Lipinski definition) is 2. The summed E-state index contributed by atoms with van der Waals surface area (Å²) in [6.45, 7) is 2.30. The number of aromatic nitrogens is 3. The van der Waals surface area contributed by atoms with Crippen LogP contribution in [0.3, 0.4) is 0 Å². The van der Waals surface area contributed by atoms with Crippen LogP contribution in [0.25, 0.3) is 0 Å². The fraction of sp³-hybridized carbons (Fsp3) is 0.833. The maximum Gasteiger partial charge on any atom is 0.0830 e. The van der Waals surface area contributed by atoms with Crippen molar-refractivity contribution in [3.05, 3.63) is 11.9 Å². The summed E-state index contributed by atoms with van der Waals surface area (Å²) in [7, 11) is 1.93. The van der Waals surface area contributed by atoms with Gasteiger partial charge in [-0.05, 0) is 37.5 Å². The molecule has 3 nitrogen and oxygen atoms in total. The molecule has 0 amide bonds. The first-order valence-corrected chi connectivity index (χ1v) is 7.10. The molecule has 0 spiro atoms. The van der Waals surface area contributed by atoms with Crippen LogP contribution in [0, 0.1) is 11.8 Å². The number of halogens is 1. The summed E-state index contributed by atoms with van der Waals surface area (Å²) in [4.78, 5) is 0.664. The van der Waals surface area contributed by atoms with Crippen LogP contribution in [-0.4, -0.2) is 19.8 Å². The van der Waals surface area contributed by atoms with Crippen molar-refractivity contribution < 1.29 is 0 Å². The van der Waals surface area contributed by atoms with Crippen LogP contribution in [0.1, 0.15) is 38.3 Å². The SMILES string of the molecule is CCC1CCC(Br)C(Cc2cn(C)nn2)C1. The number of nitrogens with zero attached hydrogens (tertiary/aromatic N) is 3. The Morgan fingerprint density at radius 1 is 1.50 bits per heavy atom. The second-order valence-electron chi connectivity index (χ2n) is 4.95. The molecule has 0 radical (unpaired) electrons. The van der Waals surface area contributed by atoms with Gasteiger partial charge in [-0.1, -0.05) is 34.5 Å². The Hall–Kier alpha value is -0.380. The Kier molecular flexibility index (Phi) is 4.00. The second kappa shape index (κ2) is 5.30. The van der Waals surface area contributed by atoms with Gasteiger partial charge >= 0.3 is 0 Å². The predicted octanol–water partition coefficient (Wildman–Crippen LogP) is 2.95. The Labute approximate surface area is 106 Å². The van der Waals surface area contributed by atoms with Crippen LogP contribution >= 0.6 is 15.9 Å². The van der Waals surface area contributed by atoms with Gasteiger partial charge in [-0.3, -0.25) is 4.68 Å². The van der Waals surface area contributed by atoms with E-state index in [0.717, 1.165) is 24.0 Å². The van der Waals surface area contributed by atoms with Gasteiger partial charge in [0.2, 0.25) is 0 Å². The Balaban J connectivity index is 1.96. The molecule has 0 N–H and O–H groups in total. The third-order valence-electron chi connectivity index (χ3n) is 3.70. The molecular weight excluding hydrogens is 266 g/mol. The molecule has 0 aliphatic heterocycles. The third kappa shape index (κ3) is 2.84. The molecular formula is C12H20BrN3. The first-order valence-electron chi connectivity index (χ1n) is 6.18. The maximum atomic E-state index is 4.19. The molecule has 90 valence electrons. The van der Waals surface area contributed by atoms with Crippen LogP contribution in [0.15, 0.2) is 6.20 Å². The quantitative estimate of drug-likeness (QED) is 0.800. The van der Waals surface area contributed by atoms with Crippen LogP contribution in [0.4, 0.5) is 0 Å². The highest BCUT2D eigenvalue weighted by molar-refractivity contribution is 9.09. The van der Waals surface area contributed by atoms with E-state index in [4.69, 9.17) is 0 Å². The lowest BCUT2D eigenvalue weighted by atomic mass is 9.78. The smallest absolute Gasteiger partial charge is 0.0830 e. The van der Waals surface area contributed by atoms with Crippen molar-refractivity contribution in [2.45, 2.75) is 43.9 Å². The van der Waals surface area contributed by atoms with Crippen molar-refractivity contribution in [2.75, 3.05) is 0 Å². The van der Waals surface area contributed by atoms with Crippen molar-refractivity contribution in [2.24, 2.45) is 18.9 Å². The van der Waals surface area contributed by atoms with Gasteiger partial charge in [0.05, 0.1) is 5.69 Å². The van der Waals surface area contributed by atoms with E-state index in [-0.39, 0.29) is 0 Å². The summed E-state index contributed by atoms with van der Waals surface area (Å²) in [6.07, 6.45) is 8.45. The van der Waals surface area contributed by atoms with E-state index in [9.17, 15) is 0 Å². The highest BCUT2D eigenvalue weighted by Gasteiger charge is 2.28. The summed E-state index contributed by atoms with van der Waals surface area (Å²) < 4.78 is 1.79. The molecule has 1 aromatic rings. The number of rotatable bonds is 3. The lowest BCUT2D eigenvalue weighted by molar-refractivity contribution is 0.270. The minimum atomic E-state index is 0.664. The van der Waals surface area contributed by atoms with Crippen molar-refractivity contribution in [1.29, 1.82) is 0 Å². The van der Waals surface area contributed by atoms with E-state index < -0.39 is 0 Å². The molecule has 1 heterocycles. The largest absolute Gasteiger partial charge is 0.255 e. The molecule has 3 unspecified atom stereocenters. The maximum absolute atomic E-state index is 4.19. The molecule has 0 aromatic carbocycles. The Morgan fingerprint density at radius 2 is 2.31 bits per heavy atom. The van der Waals surface area contributed by atoms with Crippen molar-refractivity contribution >= 4 is 15.9 Å². The monoisotopic (exact) mass is 285 g/mol. The topological polar surface area (TPSA) is 30.7 Å². The van der Waals surface area contributed by atoms with E-state index in [1.54, 1.807) is 4.68 Å². The van der Waals surface area contributed by atoms with E-state index in [0.29, 0.717) is 4.83 Å². The molecule has 1 aliphatic carbocycles. The molecule has 2 rings (SSSR count). The van der Waals surface area contributed by atoms with Crippen LogP contribution in [0.2, 0.25) is 0 Å². The standard InChI is InChI=1S/C12H20BrN3/c1-3-9-4-5-12(13)10(6-9)7-11-8-16(2)15-14-11/h8-10,12H,3-7H2,1-2H3. The molecule has 0 saturated heterocycles.